The summed E-state index contributed by atoms with van der Waals surface area (Å²) in [5.74, 6) is -3.73. The van der Waals surface area contributed by atoms with Crippen LogP contribution in [0, 0.1) is 11.8 Å². The van der Waals surface area contributed by atoms with Gasteiger partial charge in [0.1, 0.15) is 5.00 Å². The average molecular weight is 350 g/mol. The second kappa shape index (κ2) is 8.10. The van der Waals surface area contributed by atoms with E-state index in [0.29, 0.717) is 17.0 Å². The molecule has 0 unspecified atom stereocenters. The molecule has 1 aliphatic carbocycles. The van der Waals surface area contributed by atoms with Crippen molar-refractivity contribution in [2.45, 2.75) is 32.6 Å². The van der Waals surface area contributed by atoms with E-state index in [0.717, 1.165) is 17.7 Å². The van der Waals surface area contributed by atoms with E-state index in [2.05, 4.69) is 5.32 Å². The summed E-state index contributed by atoms with van der Waals surface area (Å²) in [6, 6.07) is 1.71. The minimum Gasteiger partial charge on any atom is -0.550 e. The summed E-state index contributed by atoms with van der Waals surface area (Å²) in [7, 11) is 1.28. The zero-order chi connectivity index (χ0) is 17.7. The standard InChI is InChI=1S/C17H21NO5S/c1-3-6-10-9-13(17(22)23-2)15(24-10)18-14(19)11-7-4-5-8-12(11)16(20)21/h4-5,9,11-12H,3,6-8H2,1-2H3,(H,18,19)(H,20,21)/p-1/t11-,12+/m1/s1. The van der Waals surface area contributed by atoms with Gasteiger partial charge < -0.3 is 20.0 Å². The average Bonchev–Trinajstić information content (AvgIpc) is 2.96. The van der Waals surface area contributed by atoms with Crippen LogP contribution in [0.1, 0.15) is 41.4 Å². The number of aryl methyl sites for hydroxylation is 1. The fourth-order valence-electron chi connectivity index (χ4n) is 2.74. The van der Waals surface area contributed by atoms with Gasteiger partial charge >= 0.3 is 5.97 Å². The Kier molecular flexibility index (Phi) is 6.14. The third-order valence-electron chi connectivity index (χ3n) is 3.99. The summed E-state index contributed by atoms with van der Waals surface area (Å²) in [5, 5.41) is 14.4. The number of nitrogens with one attached hydrogen (secondary N) is 1. The van der Waals surface area contributed by atoms with Gasteiger partial charge in [0, 0.05) is 16.8 Å². The number of anilines is 1. The summed E-state index contributed by atoms with van der Waals surface area (Å²) in [6.45, 7) is 2.02. The third-order valence-corrected chi connectivity index (χ3v) is 5.10. The predicted octanol–water partition coefficient (Wildman–Crippen LogP) is 1.76. The topological polar surface area (TPSA) is 95.5 Å². The van der Waals surface area contributed by atoms with E-state index in [1.807, 2.05) is 6.92 Å². The van der Waals surface area contributed by atoms with Crippen molar-refractivity contribution < 1.29 is 24.2 Å². The van der Waals surface area contributed by atoms with Crippen molar-refractivity contribution in [1.82, 2.24) is 0 Å². The zero-order valence-electron chi connectivity index (χ0n) is 13.7. The molecule has 0 spiro atoms. The summed E-state index contributed by atoms with van der Waals surface area (Å²) in [5.41, 5.74) is 0.302. The van der Waals surface area contributed by atoms with E-state index in [9.17, 15) is 19.5 Å². The van der Waals surface area contributed by atoms with Crippen LogP contribution in [0.5, 0.6) is 0 Å². The number of allylic oxidation sites excluding steroid dienone is 2. The number of carbonyl (C=O) groups is 3. The monoisotopic (exact) mass is 350 g/mol. The minimum absolute atomic E-state index is 0.274. The van der Waals surface area contributed by atoms with Crippen molar-refractivity contribution in [2.24, 2.45) is 11.8 Å². The molecule has 2 atom stereocenters. The Balaban J connectivity index is 2.22. The van der Waals surface area contributed by atoms with Gasteiger partial charge in [-0.15, -0.1) is 11.3 Å². The first-order valence-corrected chi connectivity index (χ1v) is 8.67. The molecule has 0 saturated heterocycles. The summed E-state index contributed by atoms with van der Waals surface area (Å²) in [4.78, 5) is 36.6. The number of carbonyl (C=O) groups excluding carboxylic acids is 3. The van der Waals surface area contributed by atoms with Crippen molar-refractivity contribution in [3.05, 3.63) is 28.7 Å². The summed E-state index contributed by atoms with van der Waals surface area (Å²) in [6.07, 6.45) is 5.85. The molecule has 1 aromatic heterocycles. The Hall–Kier alpha value is -2.15. The number of amides is 1. The third kappa shape index (κ3) is 4.03. The minimum atomic E-state index is -1.23. The lowest BCUT2D eigenvalue weighted by Gasteiger charge is -2.28. The van der Waals surface area contributed by atoms with Gasteiger partial charge in [0.25, 0.3) is 0 Å². The molecule has 7 heteroatoms. The number of methoxy groups -OCH3 is 1. The molecule has 0 aliphatic heterocycles. The van der Waals surface area contributed by atoms with Crippen LogP contribution in [0.15, 0.2) is 18.2 Å². The van der Waals surface area contributed by atoms with Crippen molar-refractivity contribution in [3.63, 3.8) is 0 Å². The molecule has 1 heterocycles. The highest BCUT2D eigenvalue weighted by Crippen LogP contribution is 2.32. The second-order valence-corrected chi connectivity index (χ2v) is 6.80. The van der Waals surface area contributed by atoms with Gasteiger partial charge in [0.15, 0.2) is 0 Å². The van der Waals surface area contributed by atoms with Crippen LogP contribution in [0.3, 0.4) is 0 Å². The van der Waals surface area contributed by atoms with Gasteiger partial charge in [0.05, 0.1) is 18.6 Å². The van der Waals surface area contributed by atoms with Crippen LogP contribution >= 0.6 is 11.3 Å². The molecule has 24 heavy (non-hydrogen) atoms. The van der Waals surface area contributed by atoms with Gasteiger partial charge in [-0.25, -0.2) is 4.79 Å². The van der Waals surface area contributed by atoms with Crippen molar-refractivity contribution in [1.29, 1.82) is 0 Å². The zero-order valence-corrected chi connectivity index (χ0v) is 14.5. The Bertz CT molecular complexity index is 664. The molecule has 2 rings (SSSR count). The normalized spacial score (nSPS) is 19.8. The van der Waals surface area contributed by atoms with Crippen molar-refractivity contribution >= 4 is 34.2 Å². The highest BCUT2D eigenvalue weighted by molar-refractivity contribution is 7.16. The van der Waals surface area contributed by atoms with Crippen LogP contribution in [0.25, 0.3) is 0 Å². The first-order chi connectivity index (χ1) is 11.5. The Morgan fingerprint density at radius 1 is 1.29 bits per heavy atom. The first-order valence-electron chi connectivity index (χ1n) is 7.85. The molecule has 0 fully saturated rings. The van der Waals surface area contributed by atoms with E-state index >= 15 is 0 Å². The molecule has 1 aliphatic rings. The fraction of sp³-hybridized carbons (Fsp3) is 0.471. The highest BCUT2D eigenvalue weighted by Gasteiger charge is 2.31. The van der Waals surface area contributed by atoms with Gasteiger partial charge in [-0.1, -0.05) is 25.5 Å². The van der Waals surface area contributed by atoms with E-state index in [-0.39, 0.29) is 6.42 Å². The van der Waals surface area contributed by atoms with E-state index in [4.69, 9.17) is 4.74 Å². The number of carboxylic acids is 1. The maximum Gasteiger partial charge on any atom is 0.340 e. The quantitative estimate of drug-likeness (QED) is 0.623. The number of rotatable bonds is 6. The molecular weight excluding hydrogens is 330 g/mol. The number of ether oxygens (including phenoxy) is 1. The molecule has 0 aromatic carbocycles. The molecule has 0 bridgehead atoms. The molecule has 0 saturated carbocycles. The molecule has 0 radical (unpaired) electrons. The van der Waals surface area contributed by atoms with E-state index in [1.165, 1.54) is 18.4 Å². The number of hydrogen-bond donors (Lipinski definition) is 1. The predicted molar refractivity (Wildman–Crippen MR) is 88.6 cm³/mol. The smallest absolute Gasteiger partial charge is 0.340 e. The van der Waals surface area contributed by atoms with Gasteiger partial charge in [0.2, 0.25) is 5.91 Å². The van der Waals surface area contributed by atoms with Crippen LogP contribution in [-0.4, -0.2) is 25.0 Å². The number of carboxylic acid groups (broad SMARTS) is 1. The molecule has 1 aromatic rings. The lowest BCUT2D eigenvalue weighted by Crippen LogP contribution is -2.41. The molecule has 1 N–H and O–H groups in total. The summed E-state index contributed by atoms with van der Waals surface area (Å²) >= 11 is 1.32. The molecular formula is C17H20NO5S-. The van der Waals surface area contributed by atoms with Gasteiger partial charge in [-0.05, 0) is 25.3 Å². The highest BCUT2D eigenvalue weighted by atomic mass is 32.1. The maximum atomic E-state index is 12.5. The molecule has 1 amide bonds. The maximum absolute atomic E-state index is 12.5. The first kappa shape index (κ1) is 18.2. The number of esters is 1. The van der Waals surface area contributed by atoms with E-state index < -0.39 is 29.7 Å². The lowest BCUT2D eigenvalue weighted by atomic mass is 9.82. The van der Waals surface area contributed by atoms with Crippen molar-refractivity contribution in [2.75, 3.05) is 12.4 Å². The van der Waals surface area contributed by atoms with Gasteiger partial charge in [-0.2, -0.15) is 0 Å². The Morgan fingerprint density at radius 2 is 1.96 bits per heavy atom. The summed E-state index contributed by atoms with van der Waals surface area (Å²) < 4.78 is 4.76. The van der Waals surface area contributed by atoms with E-state index in [1.54, 1.807) is 18.2 Å². The van der Waals surface area contributed by atoms with Crippen molar-refractivity contribution in [3.8, 4) is 0 Å². The fourth-order valence-corrected chi connectivity index (χ4v) is 3.88. The second-order valence-electron chi connectivity index (χ2n) is 5.66. The number of thiophene rings is 1. The number of aliphatic carboxylic acids is 1. The SMILES string of the molecule is CCCc1cc(C(=O)OC)c(NC(=O)[C@@H]2CC=CC[C@@H]2C(=O)[O-])s1. The van der Waals surface area contributed by atoms with Gasteiger partial charge in [-0.3, -0.25) is 4.79 Å². The largest absolute Gasteiger partial charge is 0.550 e. The Labute approximate surface area is 144 Å². The number of hydrogen-bond acceptors (Lipinski definition) is 6. The molecule has 6 nitrogen and oxygen atoms in total. The Morgan fingerprint density at radius 3 is 2.54 bits per heavy atom. The molecule has 130 valence electrons. The van der Waals surface area contributed by atoms with Crippen LogP contribution in [0.2, 0.25) is 0 Å². The van der Waals surface area contributed by atoms with Crippen LogP contribution in [0.4, 0.5) is 5.00 Å². The van der Waals surface area contributed by atoms with Crippen LogP contribution in [-0.2, 0) is 20.7 Å². The van der Waals surface area contributed by atoms with Crippen LogP contribution < -0.4 is 10.4 Å². The lowest BCUT2D eigenvalue weighted by molar-refractivity contribution is -0.313.